The Morgan fingerprint density at radius 2 is 1.91 bits per heavy atom. The highest BCUT2D eigenvalue weighted by Gasteiger charge is 2.14. The molecule has 168 valence electrons. The van der Waals surface area contributed by atoms with E-state index in [1.807, 2.05) is 48.7 Å². The number of nitrogens with zero attached hydrogens (tertiary/aromatic N) is 4. The molecular formula is C26H19BrN4O3. The topological polar surface area (TPSA) is 70.6 Å². The predicted molar refractivity (Wildman–Crippen MR) is 135 cm³/mol. The van der Waals surface area contributed by atoms with E-state index in [-0.39, 0.29) is 12.4 Å². The molecule has 0 saturated carbocycles. The molecule has 0 N–H and O–H groups in total. The lowest BCUT2D eigenvalue weighted by Gasteiger charge is -2.06. The van der Waals surface area contributed by atoms with Crippen LogP contribution in [-0.2, 0) is 6.54 Å². The maximum Gasteiger partial charge on any atom is 0.282 e. The van der Waals surface area contributed by atoms with Gasteiger partial charge in [-0.1, -0.05) is 40.2 Å². The third-order valence-corrected chi connectivity index (χ3v) is 6.39. The average molecular weight is 515 g/mol. The second kappa shape index (κ2) is 8.14. The van der Waals surface area contributed by atoms with Crippen molar-refractivity contribution >= 4 is 44.0 Å². The fraction of sp³-hybridized carbons (Fsp3) is 0.115. The van der Waals surface area contributed by atoms with Crippen molar-refractivity contribution in [3.63, 3.8) is 0 Å². The standard InChI is InChI=1S/C26H19BrN4O3/c1-16-29-22-8-7-19(27)11-21(22)26(32)31(16)28-12-18-14-30(23-5-3-2-4-20(18)23)13-17-6-9-24-25(10-17)34-15-33-24/h2-12,14H,13,15H2,1H3. The lowest BCUT2D eigenvalue weighted by Crippen LogP contribution is -2.20. The molecule has 0 unspecified atom stereocenters. The van der Waals surface area contributed by atoms with Gasteiger partial charge in [-0.3, -0.25) is 4.79 Å². The van der Waals surface area contributed by atoms with Crippen LogP contribution in [0.25, 0.3) is 21.8 Å². The van der Waals surface area contributed by atoms with Crippen LogP contribution >= 0.6 is 15.9 Å². The lowest BCUT2D eigenvalue weighted by molar-refractivity contribution is 0.174. The molecule has 7 nitrogen and oxygen atoms in total. The van der Waals surface area contributed by atoms with Crippen molar-refractivity contribution in [2.24, 2.45) is 5.10 Å². The molecule has 0 bridgehead atoms. The Morgan fingerprint density at radius 1 is 1.06 bits per heavy atom. The first-order valence-electron chi connectivity index (χ1n) is 10.8. The van der Waals surface area contributed by atoms with Gasteiger partial charge >= 0.3 is 0 Å². The summed E-state index contributed by atoms with van der Waals surface area (Å²) in [4.78, 5) is 17.6. The van der Waals surface area contributed by atoms with Crippen molar-refractivity contribution in [1.82, 2.24) is 14.2 Å². The fourth-order valence-corrected chi connectivity index (χ4v) is 4.62. The van der Waals surface area contributed by atoms with Crippen LogP contribution in [0.4, 0.5) is 0 Å². The number of aryl methyl sites for hydroxylation is 1. The van der Waals surface area contributed by atoms with E-state index >= 15 is 0 Å². The van der Waals surface area contributed by atoms with Gasteiger partial charge in [-0.2, -0.15) is 9.78 Å². The summed E-state index contributed by atoms with van der Waals surface area (Å²) in [5.74, 6) is 2.06. The zero-order chi connectivity index (χ0) is 23.2. The Labute approximate surface area is 203 Å². The van der Waals surface area contributed by atoms with Gasteiger partial charge in [0.1, 0.15) is 5.82 Å². The minimum atomic E-state index is -0.204. The Kier molecular flexibility index (Phi) is 4.95. The van der Waals surface area contributed by atoms with Crippen molar-refractivity contribution in [3.05, 3.63) is 98.6 Å². The predicted octanol–water partition coefficient (Wildman–Crippen LogP) is 5.08. The Balaban J connectivity index is 1.40. The quantitative estimate of drug-likeness (QED) is 0.313. The van der Waals surface area contributed by atoms with Crippen molar-refractivity contribution in [1.29, 1.82) is 0 Å². The Hall–Kier alpha value is -3.91. The van der Waals surface area contributed by atoms with E-state index < -0.39 is 0 Å². The molecule has 2 aromatic heterocycles. The molecule has 0 atom stereocenters. The van der Waals surface area contributed by atoms with Crippen LogP contribution in [0.3, 0.4) is 0 Å². The Morgan fingerprint density at radius 3 is 2.82 bits per heavy atom. The molecule has 0 saturated heterocycles. The van der Waals surface area contributed by atoms with Crippen LogP contribution in [0.2, 0.25) is 0 Å². The normalized spacial score (nSPS) is 12.9. The molecule has 6 rings (SSSR count). The molecule has 1 aliphatic rings. The van der Waals surface area contributed by atoms with Crippen molar-refractivity contribution in [2.45, 2.75) is 13.5 Å². The van der Waals surface area contributed by atoms with Crippen LogP contribution in [0.1, 0.15) is 17.0 Å². The van der Waals surface area contributed by atoms with Gasteiger partial charge in [0.15, 0.2) is 11.5 Å². The third-order valence-electron chi connectivity index (χ3n) is 5.89. The molecule has 0 radical (unpaired) electrons. The summed E-state index contributed by atoms with van der Waals surface area (Å²) in [6, 6.07) is 19.6. The number of hydrogen-bond acceptors (Lipinski definition) is 5. The second-order valence-electron chi connectivity index (χ2n) is 8.10. The molecular weight excluding hydrogens is 496 g/mol. The molecule has 0 aliphatic carbocycles. The summed E-state index contributed by atoms with van der Waals surface area (Å²) in [7, 11) is 0. The van der Waals surface area contributed by atoms with E-state index in [0.717, 1.165) is 38.0 Å². The number of aromatic nitrogens is 3. The highest BCUT2D eigenvalue weighted by atomic mass is 79.9. The van der Waals surface area contributed by atoms with Gasteiger partial charge < -0.3 is 14.0 Å². The Bertz CT molecular complexity index is 1670. The second-order valence-corrected chi connectivity index (χ2v) is 9.01. The molecule has 5 aromatic rings. The van der Waals surface area contributed by atoms with Crippen molar-refractivity contribution < 1.29 is 9.47 Å². The highest BCUT2D eigenvalue weighted by Crippen LogP contribution is 2.33. The highest BCUT2D eigenvalue weighted by molar-refractivity contribution is 9.10. The number of para-hydroxylation sites is 1. The van der Waals surface area contributed by atoms with E-state index in [1.165, 1.54) is 4.68 Å². The number of rotatable bonds is 4. The lowest BCUT2D eigenvalue weighted by atomic mass is 10.2. The maximum atomic E-state index is 13.1. The molecule has 3 aromatic carbocycles. The summed E-state index contributed by atoms with van der Waals surface area (Å²) in [6.07, 6.45) is 3.77. The number of halogens is 1. The smallest absolute Gasteiger partial charge is 0.282 e. The zero-order valence-corrected chi connectivity index (χ0v) is 19.8. The molecule has 8 heteroatoms. The molecule has 1 aliphatic heterocycles. The molecule has 0 fully saturated rings. The first-order chi connectivity index (χ1) is 16.6. The van der Waals surface area contributed by atoms with Crippen LogP contribution < -0.4 is 15.0 Å². The molecule has 0 spiro atoms. The summed E-state index contributed by atoms with van der Waals surface area (Å²) >= 11 is 3.43. The first kappa shape index (κ1) is 20.7. The maximum absolute atomic E-state index is 13.1. The van der Waals surface area contributed by atoms with Gasteiger partial charge in [0.25, 0.3) is 5.56 Å². The summed E-state index contributed by atoms with van der Waals surface area (Å²) < 4.78 is 15.3. The van der Waals surface area contributed by atoms with E-state index in [0.29, 0.717) is 23.3 Å². The number of hydrogen-bond donors (Lipinski definition) is 0. The number of fused-ring (bicyclic) bond motifs is 3. The largest absolute Gasteiger partial charge is 0.454 e. The van der Waals surface area contributed by atoms with Crippen LogP contribution in [0.15, 0.2) is 81.2 Å². The van der Waals surface area contributed by atoms with Gasteiger partial charge in [0.05, 0.1) is 17.1 Å². The molecule has 34 heavy (non-hydrogen) atoms. The number of ether oxygens (including phenoxy) is 2. The average Bonchev–Trinajstić information content (AvgIpc) is 3.44. The van der Waals surface area contributed by atoms with E-state index in [4.69, 9.17) is 9.47 Å². The van der Waals surface area contributed by atoms with Crippen molar-refractivity contribution in [2.75, 3.05) is 6.79 Å². The number of benzene rings is 3. The van der Waals surface area contributed by atoms with Crippen molar-refractivity contribution in [3.8, 4) is 11.5 Å². The monoisotopic (exact) mass is 514 g/mol. The van der Waals surface area contributed by atoms with Crippen LogP contribution in [-0.4, -0.2) is 27.2 Å². The third kappa shape index (κ3) is 3.56. The minimum Gasteiger partial charge on any atom is -0.454 e. The first-order valence-corrected chi connectivity index (χ1v) is 11.6. The van der Waals surface area contributed by atoms with E-state index in [2.05, 4.69) is 42.7 Å². The molecule has 0 amide bonds. The fourth-order valence-electron chi connectivity index (χ4n) is 4.26. The van der Waals surface area contributed by atoms with Gasteiger partial charge in [-0.25, -0.2) is 4.98 Å². The molecule has 3 heterocycles. The van der Waals surface area contributed by atoms with Gasteiger partial charge in [-0.05, 0) is 48.9 Å². The SMILES string of the molecule is Cc1nc2ccc(Br)cc2c(=O)n1N=Cc1cn(Cc2ccc3c(c2)OCO3)c2ccccc12. The zero-order valence-electron chi connectivity index (χ0n) is 18.2. The minimum absolute atomic E-state index is 0.204. The van der Waals surface area contributed by atoms with Crippen LogP contribution in [0, 0.1) is 6.92 Å². The van der Waals surface area contributed by atoms with E-state index in [9.17, 15) is 4.79 Å². The summed E-state index contributed by atoms with van der Waals surface area (Å²) in [5.41, 5.74) is 3.54. The van der Waals surface area contributed by atoms with Gasteiger partial charge in [0, 0.05) is 33.7 Å². The summed E-state index contributed by atoms with van der Waals surface area (Å²) in [5, 5.41) is 6.09. The van der Waals surface area contributed by atoms with Gasteiger partial charge in [0.2, 0.25) is 6.79 Å². The van der Waals surface area contributed by atoms with Gasteiger partial charge in [-0.15, -0.1) is 0 Å². The van der Waals surface area contributed by atoms with Crippen LogP contribution in [0.5, 0.6) is 11.5 Å². The van der Waals surface area contributed by atoms with E-state index in [1.54, 1.807) is 19.2 Å². The summed E-state index contributed by atoms with van der Waals surface area (Å²) in [6.45, 7) is 2.70.